The van der Waals surface area contributed by atoms with Crippen molar-refractivity contribution in [1.29, 1.82) is 0 Å². The number of benzene rings is 1. The van der Waals surface area contributed by atoms with Crippen LogP contribution in [0, 0.1) is 12.8 Å². The molecule has 0 radical (unpaired) electrons. The average Bonchev–Trinajstić information content (AvgIpc) is 2.96. The number of fused-ring (bicyclic) bond motifs is 2. The number of hydrogen-bond donors (Lipinski definition) is 1. The van der Waals surface area contributed by atoms with Gasteiger partial charge in [0.25, 0.3) is 0 Å². The van der Waals surface area contributed by atoms with Crippen molar-refractivity contribution < 1.29 is 4.74 Å². The molecule has 21 heavy (non-hydrogen) atoms. The van der Waals surface area contributed by atoms with E-state index < -0.39 is 0 Å². The summed E-state index contributed by atoms with van der Waals surface area (Å²) in [5, 5.41) is 5.04. The first-order chi connectivity index (χ1) is 10.3. The van der Waals surface area contributed by atoms with E-state index in [9.17, 15) is 0 Å². The van der Waals surface area contributed by atoms with E-state index in [0.29, 0.717) is 18.1 Å². The first kappa shape index (κ1) is 13.1. The van der Waals surface area contributed by atoms with Gasteiger partial charge in [0.05, 0.1) is 11.6 Å². The summed E-state index contributed by atoms with van der Waals surface area (Å²) < 4.78 is 5.88. The fourth-order valence-corrected chi connectivity index (χ4v) is 3.98. The van der Waals surface area contributed by atoms with E-state index in [0.717, 1.165) is 17.8 Å². The predicted molar refractivity (Wildman–Crippen MR) is 85.6 cm³/mol. The summed E-state index contributed by atoms with van der Waals surface area (Å²) >= 11 is 0. The molecule has 2 aromatic rings. The lowest BCUT2D eigenvalue weighted by atomic mass is 9.81. The number of anilines is 1. The summed E-state index contributed by atoms with van der Waals surface area (Å²) in [5.74, 6) is 0.672. The lowest BCUT2D eigenvalue weighted by Crippen LogP contribution is -2.38. The van der Waals surface area contributed by atoms with Crippen LogP contribution in [-0.2, 0) is 4.74 Å². The predicted octanol–water partition coefficient (Wildman–Crippen LogP) is 3.91. The van der Waals surface area contributed by atoms with Crippen molar-refractivity contribution in [2.75, 3.05) is 11.9 Å². The summed E-state index contributed by atoms with van der Waals surface area (Å²) in [6.45, 7) is 3.00. The van der Waals surface area contributed by atoms with Crippen molar-refractivity contribution in [3.05, 3.63) is 36.0 Å². The number of aromatic nitrogens is 1. The normalized spacial score (nSPS) is 28.5. The van der Waals surface area contributed by atoms with Crippen LogP contribution < -0.4 is 5.32 Å². The van der Waals surface area contributed by atoms with Crippen molar-refractivity contribution >= 4 is 16.6 Å². The van der Waals surface area contributed by atoms with Crippen LogP contribution in [0.1, 0.15) is 31.4 Å². The molecule has 1 aromatic heterocycles. The van der Waals surface area contributed by atoms with Crippen LogP contribution in [0.4, 0.5) is 5.69 Å². The molecule has 1 aliphatic heterocycles. The van der Waals surface area contributed by atoms with Crippen LogP contribution in [0.15, 0.2) is 30.3 Å². The number of aryl methyl sites for hydroxylation is 1. The van der Waals surface area contributed by atoms with Gasteiger partial charge in [0.2, 0.25) is 0 Å². The topological polar surface area (TPSA) is 34.1 Å². The molecule has 0 spiro atoms. The van der Waals surface area contributed by atoms with Gasteiger partial charge in [-0.3, -0.25) is 4.98 Å². The monoisotopic (exact) mass is 282 g/mol. The molecule has 4 rings (SSSR count). The quantitative estimate of drug-likeness (QED) is 0.906. The molecule has 1 saturated carbocycles. The highest BCUT2D eigenvalue weighted by Gasteiger charge is 2.37. The van der Waals surface area contributed by atoms with Gasteiger partial charge < -0.3 is 10.1 Å². The number of ether oxygens (including phenoxy) is 1. The average molecular weight is 282 g/mol. The molecule has 0 bridgehead atoms. The van der Waals surface area contributed by atoms with E-state index in [1.807, 2.05) is 0 Å². The second-order valence-electron chi connectivity index (χ2n) is 6.37. The van der Waals surface area contributed by atoms with Crippen LogP contribution in [-0.4, -0.2) is 23.7 Å². The molecule has 3 unspecified atom stereocenters. The largest absolute Gasteiger partial charge is 0.381 e. The zero-order valence-corrected chi connectivity index (χ0v) is 12.5. The Morgan fingerprint density at radius 3 is 3.05 bits per heavy atom. The molecule has 2 fully saturated rings. The van der Waals surface area contributed by atoms with E-state index in [-0.39, 0.29) is 0 Å². The number of para-hydroxylation sites is 1. The molecule has 0 amide bonds. The zero-order chi connectivity index (χ0) is 14.2. The van der Waals surface area contributed by atoms with Gasteiger partial charge in [0.1, 0.15) is 0 Å². The lowest BCUT2D eigenvalue weighted by Gasteiger charge is -2.34. The van der Waals surface area contributed by atoms with Crippen molar-refractivity contribution in [2.45, 2.75) is 44.8 Å². The highest BCUT2D eigenvalue weighted by molar-refractivity contribution is 5.91. The Kier molecular flexibility index (Phi) is 3.30. The van der Waals surface area contributed by atoms with E-state index in [1.165, 1.54) is 36.8 Å². The molecule has 1 aromatic carbocycles. The second kappa shape index (κ2) is 5.30. The fourth-order valence-electron chi connectivity index (χ4n) is 3.98. The number of nitrogens with one attached hydrogen (secondary N) is 1. The summed E-state index contributed by atoms with van der Waals surface area (Å²) in [6.07, 6.45) is 5.43. The van der Waals surface area contributed by atoms with Gasteiger partial charge in [-0.15, -0.1) is 0 Å². The van der Waals surface area contributed by atoms with Gasteiger partial charge in [-0.1, -0.05) is 18.2 Å². The Morgan fingerprint density at radius 2 is 2.10 bits per heavy atom. The lowest BCUT2D eigenvalue weighted by molar-refractivity contribution is 0.0620. The van der Waals surface area contributed by atoms with Gasteiger partial charge in [0, 0.05) is 35.3 Å². The molecular weight excluding hydrogens is 260 g/mol. The van der Waals surface area contributed by atoms with Gasteiger partial charge in [-0.05, 0) is 44.7 Å². The smallest absolute Gasteiger partial charge is 0.0725 e. The molecule has 2 heterocycles. The Bertz CT molecular complexity index is 655. The highest BCUT2D eigenvalue weighted by Crippen LogP contribution is 2.37. The third-order valence-corrected chi connectivity index (χ3v) is 4.97. The van der Waals surface area contributed by atoms with Crippen LogP contribution in [0.3, 0.4) is 0 Å². The maximum atomic E-state index is 5.88. The van der Waals surface area contributed by atoms with Crippen molar-refractivity contribution in [3.63, 3.8) is 0 Å². The van der Waals surface area contributed by atoms with Gasteiger partial charge in [-0.25, -0.2) is 0 Å². The Morgan fingerprint density at radius 1 is 1.19 bits per heavy atom. The number of pyridine rings is 1. The minimum atomic E-state index is 0.477. The minimum absolute atomic E-state index is 0.477. The molecule has 1 aliphatic carbocycles. The summed E-state index contributed by atoms with van der Waals surface area (Å²) in [5.41, 5.74) is 3.39. The molecular formula is C18H22N2O. The third kappa shape index (κ3) is 2.40. The molecule has 1 saturated heterocycles. The Balaban J connectivity index is 1.67. The molecule has 2 aliphatic rings. The first-order valence-electron chi connectivity index (χ1n) is 8.06. The zero-order valence-electron chi connectivity index (χ0n) is 12.5. The molecule has 3 nitrogen and oxygen atoms in total. The number of hydrogen-bond acceptors (Lipinski definition) is 3. The molecule has 1 N–H and O–H groups in total. The van der Waals surface area contributed by atoms with Crippen LogP contribution >= 0.6 is 0 Å². The van der Waals surface area contributed by atoms with Gasteiger partial charge >= 0.3 is 0 Å². The summed E-state index contributed by atoms with van der Waals surface area (Å²) in [6, 6.07) is 11.1. The number of nitrogens with zero attached hydrogens (tertiary/aromatic N) is 1. The molecule has 110 valence electrons. The van der Waals surface area contributed by atoms with Crippen LogP contribution in [0.2, 0.25) is 0 Å². The van der Waals surface area contributed by atoms with Crippen molar-refractivity contribution in [1.82, 2.24) is 4.98 Å². The summed E-state index contributed by atoms with van der Waals surface area (Å²) in [7, 11) is 0. The second-order valence-corrected chi connectivity index (χ2v) is 6.37. The SMILES string of the molecule is Cc1cc(NC2CCCC3OCCC23)c2ccccc2n1. The Hall–Kier alpha value is -1.61. The first-order valence-corrected chi connectivity index (χ1v) is 8.06. The maximum Gasteiger partial charge on any atom is 0.0725 e. The maximum absolute atomic E-state index is 5.88. The molecule has 3 heteroatoms. The Labute approximate surface area is 125 Å². The van der Waals surface area contributed by atoms with Gasteiger partial charge in [0.15, 0.2) is 0 Å². The standard InChI is InChI=1S/C18H22N2O/c1-12-11-17(13-5-2-3-6-15(13)19-12)20-16-7-4-8-18-14(16)9-10-21-18/h2-3,5-6,11,14,16,18H,4,7-10H2,1H3,(H,19,20). The van der Waals surface area contributed by atoms with Gasteiger partial charge in [-0.2, -0.15) is 0 Å². The van der Waals surface area contributed by atoms with E-state index in [1.54, 1.807) is 0 Å². The minimum Gasteiger partial charge on any atom is -0.381 e. The third-order valence-electron chi connectivity index (χ3n) is 4.97. The number of rotatable bonds is 2. The highest BCUT2D eigenvalue weighted by atomic mass is 16.5. The van der Waals surface area contributed by atoms with Crippen LogP contribution in [0.5, 0.6) is 0 Å². The van der Waals surface area contributed by atoms with Crippen molar-refractivity contribution in [3.8, 4) is 0 Å². The van der Waals surface area contributed by atoms with E-state index in [2.05, 4.69) is 47.6 Å². The summed E-state index contributed by atoms with van der Waals surface area (Å²) in [4.78, 5) is 4.63. The van der Waals surface area contributed by atoms with E-state index >= 15 is 0 Å². The van der Waals surface area contributed by atoms with Crippen molar-refractivity contribution in [2.24, 2.45) is 5.92 Å². The van der Waals surface area contributed by atoms with E-state index in [4.69, 9.17) is 4.74 Å². The fraction of sp³-hybridized carbons (Fsp3) is 0.500. The molecule has 3 atom stereocenters. The van der Waals surface area contributed by atoms with Crippen LogP contribution in [0.25, 0.3) is 10.9 Å².